The van der Waals surface area contributed by atoms with Crippen molar-refractivity contribution >= 4 is 38.7 Å². The normalized spacial score (nSPS) is 25.8. The van der Waals surface area contributed by atoms with E-state index in [1.54, 1.807) is 16.2 Å². The summed E-state index contributed by atoms with van der Waals surface area (Å²) in [6.45, 7) is 3.78. The van der Waals surface area contributed by atoms with Gasteiger partial charge in [0, 0.05) is 50.4 Å². The number of amides is 2. The summed E-state index contributed by atoms with van der Waals surface area (Å²) >= 11 is 1.74. The third kappa shape index (κ3) is 4.28. The molecule has 1 aromatic rings. The highest BCUT2D eigenvalue weighted by molar-refractivity contribution is 7.91. The van der Waals surface area contributed by atoms with Crippen molar-refractivity contribution in [1.29, 1.82) is 0 Å². The van der Waals surface area contributed by atoms with Crippen LogP contribution in [-0.2, 0) is 26.0 Å². The Bertz CT molecular complexity index is 873. The molecule has 1 aromatic heterocycles. The minimum absolute atomic E-state index is 0.0644. The molecule has 152 valence electrons. The largest absolute Gasteiger partial charge is 0.335 e. The minimum Gasteiger partial charge on any atom is -0.335 e. The lowest BCUT2D eigenvalue weighted by atomic mass is 10.1. The Balaban J connectivity index is 1.37. The molecular formula is C18H24N4O4S2. The Labute approximate surface area is 168 Å². The average molecular weight is 425 g/mol. The lowest BCUT2D eigenvalue weighted by Gasteiger charge is -2.35. The van der Waals surface area contributed by atoms with Gasteiger partial charge in [-0.2, -0.15) is 5.10 Å². The van der Waals surface area contributed by atoms with E-state index in [-0.39, 0.29) is 29.7 Å². The van der Waals surface area contributed by atoms with E-state index in [9.17, 15) is 18.0 Å². The highest BCUT2D eigenvalue weighted by Gasteiger charge is 2.38. The van der Waals surface area contributed by atoms with E-state index >= 15 is 0 Å². The molecule has 0 saturated carbocycles. The zero-order valence-corrected chi connectivity index (χ0v) is 17.3. The first-order chi connectivity index (χ1) is 13.4. The maximum Gasteiger partial charge on any atom is 0.270 e. The highest BCUT2D eigenvalue weighted by Crippen LogP contribution is 2.23. The van der Waals surface area contributed by atoms with Crippen LogP contribution in [0.1, 0.15) is 24.1 Å². The zero-order chi connectivity index (χ0) is 19.7. The fourth-order valence-electron chi connectivity index (χ4n) is 3.89. The van der Waals surface area contributed by atoms with Gasteiger partial charge in [0.25, 0.3) is 5.91 Å². The summed E-state index contributed by atoms with van der Waals surface area (Å²) in [6, 6.07) is 3.72. The van der Waals surface area contributed by atoms with Crippen LogP contribution in [0.25, 0.3) is 0 Å². The maximum atomic E-state index is 12.9. The third-order valence-corrected chi connectivity index (χ3v) is 8.09. The molecule has 2 amide bonds. The quantitative estimate of drug-likeness (QED) is 0.704. The van der Waals surface area contributed by atoms with Crippen molar-refractivity contribution < 1.29 is 18.0 Å². The standard InChI is InChI=1S/C18H24N4O4S2/c23-17-4-3-16(19-22(17)14-5-11-28(25,26)13-14)18(24)21-8-6-20(7-9-21)12-15-2-1-10-27-15/h1-2,10,14H,3-9,11-13H2. The second-order valence-electron chi connectivity index (χ2n) is 7.49. The van der Waals surface area contributed by atoms with Crippen molar-refractivity contribution in [3.8, 4) is 0 Å². The molecule has 1 unspecified atom stereocenters. The van der Waals surface area contributed by atoms with Crippen LogP contribution in [0.2, 0.25) is 0 Å². The maximum absolute atomic E-state index is 12.9. The Morgan fingerprint density at radius 3 is 2.64 bits per heavy atom. The molecule has 10 heteroatoms. The van der Waals surface area contributed by atoms with E-state index in [0.29, 0.717) is 31.6 Å². The molecule has 28 heavy (non-hydrogen) atoms. The predicted molar refractivity (Wildman–Crippen MR) is 107 cm³/mol. The fraction of sp³-hybridized carbons (Fsp3) is 0.611. The summed E-state index contributed by atoms with van der Waals surface area (Å²) in [5.41, 5.74) is 0.371. The smallest absolute Gasteiger partial charge is 0.270 e. The van der Waals surface area contributed by atoms with E-state index in [1.165, 1.54) is 9.89 Å². The van der Waals surface area contributed by atoms with Gasteiger partial charge >= 0.3 is 0 Å². The Kier molecular flexibility index (Phi) is 5.52. The van der Waals surface area contributed by atoms with Gasteiger partial charge in [-0.1, -0.05) is 6.07 Å². The zero-order valence-electron chi connectivity index (χ0n) is 15.6. The molecule has 8 nitrogen and oxygen atoms in total. The van der Waals surface area contributed by atoms with E-state index < -0.39 is 15.9 Å². The number of sulfone groups is 1. The third-order valence-electron chi connectivity index (χ3n) is 5.48. The van der Waals surface area contributed by atoms with Gasteiger partial charge in [0.1, 0.15) is 5.71 Å². The topological polar surface area (TPSA) is 90.4 Å². The average Bonchev–Trinajstić information content (AvgIpc) is 3.31. The van der Waals surface area contributed by atoms with Crippen LogP contribution >= 0.6 is 11.3 Å². The van der Waals surface area contributed by atoms with Crippen LogP contribution < -0.4 is 0 Å². The summed E-state index contributed by atoms with van der Waals surface area (Å²) < 4.78 is 23.5. The monoisotopic (exact) mass is 424 g/mol. The number of piperazine rings is 1. The van der Waals surface area contributed by atoms with Gasteiger partial charge in [-0.3, -0.25) is 14.5 Å². The van der Waals surface area contributed by atoms with Gasteiger partial charge in [0.2, 0.25) is 5.91 Å². The molecule has 0 bridgehead atoms. The van der Waals surface area contributed by atoms with Crippen LogP contribution in [0.5, 0.6) is 0 Å². The van der Waals surface area contributed by atoms with Crippen LogP contribution in [0.15, 0.2) is 22.6 Å². The molecule has 3 aliphatic rings. The molecule has 0 aromatic carbocycles. The first-order valence-corrected chi connectivity index (χ1v) is 12.3. The number of carbonyl (C=O) groups excluding carboxylic acids is 2. The summed E-state index contributed by atoms with van der Waals surface area (Å²) in [5.74, 6) is -0.314. The van der Waals surface area contributed by atoms with Gasteiger partial charge in [-0.05, 0) is 17.9 Å². The molecule has 1 atom stereocenters. The number of rotatable bonds is 4. The van der Waals surface area contributed by atoms with Crippen LogP contribution in [0, 0.1) is 0 Å². The van der Waals surface area contributed by atoms with Gasteiger partial charge < -0.3 is 4.90 Å². The van der Waals surface area contributed by atoms with Gasteiger partial charge in [-0.25, -0.2) is 13.4 Å². The number of hydrogen-bond acceptors (Lipinski definition) is 7. The molecule has 0 N–H and O–H groups in total. The second kappa shape index (κ2) is 7.92. The summed E-state index contributed by atoms with van der Waals surface area (Å²) in [4.78, 5) is 30.6. The van der Waals surface area contributed by atoms with Crippen molar-refractivity contribution in [2.24, 2.45) is 5.10 Å². The number of nitrogens with zero attached hydrogens (tertiary/aromatic N) is 4. The van der Waals surface area contributed by atoms with Crippen molar-refractivity contribution in [3.05, 3.63) is 22.4 Å². The van der Waals surface area contributed by atoms with Gasteiger partial charge in [0.05, 0.1) is 17.5 Å². The Hall–Kier alpha value is -1.78. The van der Waals surface area contributed by atoms with Crippen LogP contribution in [0.3, 0.4) is 0 Å². The number of carbonyl (C=O) groups is 2. The number of hydrogen-bond donors (Lipinski definition) is 0. The summed E-state index contributed by atoms with van der Waals surface area (Å²) in [6.07, 6.45) is 0.920. The highest BCUT2D eigenvalue weighted by atomic mass is 32.2. The van der Waals surface area contributed by atoms with Crippen LogP contribution in [-0.4, -0.2) is 84.5 Å². The number of hydrazone groups is 1. The molecule has 2 saturated heterocycles. The summed E-state index contributed by atoms with van der Waals surface area (Å²) in [7, 11) is -3.12. The molecule has 0 radical (unpaired) electrons. The van der Waals surface area contributed by atoms with Crippen molar-refractivity contribution in [3.63, 3.8) is 0 Å². The Morgan fingerprint density at radius 1 is 1.21 bits per heavy atom. The predicted octanol–water partition coefficient (Wildman–Crippen LogP) is 0.558. The van der Waals surface area contributed by atoms with E-state index in [2.05, 4.69) is 21.4 Å². The van der Waals surface area contributed by atoms with Crippen LogP contribution in [0.4, 0.5) is 0 Å². The van der Waals surface area contributed by atoms with Crippen molar-refractivity contribution in [2.75, 3.05) is 37.7 Å². The molecule has 4 rings (SSSR count). The molecule has 0 spiro atoms. The van der Waals surface area contributed by atoms with Crippen molar-refractivity contribution in [1.82, 2.24) is 14.8 Å². The molecule has 2 fully saturated rings. The second-order valence-corrected chi connectivity index (χ2v) is 10.8. The first-order valence-electron chi connectivity index (χ1n) is 9.55. The lowest BCUT2D eigenvalue weighted by molar-refractivity contribution is -0.134. The summed E-state index contributed by atoms with van der Waals surface area (Å²) in [5, 5.41) is 7.62. The van der Waals surface area contributed by atoms with E-state index in [4.69, 9.17) is 0 Å². The molecule has 4 heterocycles. The van der Waals surface area contributed by atoms with E-state index in [0.717, 1.165) is 19.6 Å². The van der Waals surface area contributed by atoms with Crippen molar-refractivity contribution in [2.45, 2.75) is 31.8 Å². The number of thiophene rings is 1. The molecular weight excluding hydrogens is 400 g/mol. The van der Waals surface area contributed by atoms with E-state index in [1.807, 2.05) is 6.07 Å². The first kappa shape index (κ1) is 19.5. The lowest BCUT2D eigenvalue weighted by Crippen LogP contribution is -2.51. The fourth-order valence-corrected chi connectivity index (χ4v) is 6.33. The minimum atomic E-state index is -3.12. The van der Waals surface area contributed by atoms with Gasteiger partial charge in [0.15, 0.2) is 9.84 Å². The molecule has 3 aliphatic heterocycles. The molecule has 0 aliphatic carbocycles. The SMILES string of the molecule is O=C(C1=NN(C2CCS(=O)(=O)C2)C(=O)CC1)N1CCN(Cc2cccs2)CC1. The Morgan fingerprint density at radius 2 is 2.00 bits per heavy atom. The van der Waals surface area contributed by atoms with Gasteiger partial charge in [-0.15, -0.1) is 11.3 Å².